The Labute approximate surface area is 105 Å². The molecule has 0 amide bonds. The minimum atomic E-state index is -0.490. The third-order valence-corrected chi connectivity index (χ3v) is 2.51. The van der Waals surface area contributed by atoms with Gasteiger partial charge in [-0.05, 0) is 26.0 Å². The van der Waals surface area contributed by atoms with Crippen LogP contribution in [0.25, 0.3) is 0 Å². The van der Waals surface area contributed by atoms with E-state index in [2.05, 4.69) is 5.32 Å². The standard InChI is InChI=1S/C11H15ClN2O3/c1-3-17-8(2)7-13-10-6-4-5-9(12)11(10)14(15)16/h4-6,8,13H,3,7H2,1-2H3. The lowest BCUT2D eigenvalue weighted by Crippen LogP contribution is -2.20. The van der Waals surface area contributed by atoms with E-state index in [0.717, 1.165) is 0 Å². The summed E-state index contributed by atoms with van der Waals surface area (Å²) in [5.41, 5.74) is 0.312. The van der Waals surface area contributed by atoms with Gasteiger partial charge < -0.3 is 10.1 Å². The van der Waals surface area contributed by atoms with Gasteiger partial charge in [0.15, 0.2) is 0 Å². The molecule has 6 heteroatoms. The number of para-hydroxylation sites is 1. The van der Waals surface area contributed by atoms with Crippen molar-refractivity contribution in [1.82, 2.24) is 0 Å². The van der Waals surface area contributed by atoms with Gasteiger partial charge in [-0.15, -0.1) is 0 Å². The second-order valence-electron chi connectivity index (χ2n) is 3.54. The summed E-state index contributed by atoms with van der Waals surface area (Å²) in [5, 5.41) is 14.0. The number of nitrogens with one attached hydrogen (secondary N) is 1. The quantitative estimate of drug-likeness (QED) is 0.629. The molecular weight excluding hydrogens is 244 g/mol. The van der Waals surface area contributed by atoms with E-state index in [9.17, 15) is 10.1 Å². The lowest BCUT2D eigenvalue weighted by atomic mass is 10.2. The minimum Gasteiger partial charge on any atom is -0.377 e. The van der Waals surface area contributed by atoms with Gasteiger partial charge in [-0.2, -0.15) is 0 Å². The molecule has 0 saturated carbocycles. The van der Waals surface area contributed by atoms with Crippen LogP contribution in [0.3, 0.4) is 0 Å². The van der Waals surface area contributed by atoms with Crippen LogP contribution in [-0.2, 0) is 4.74 Å². The Morgan fingerprint density at radius 2 is 2.29 bits per heavy atom. The first kappa shape index (κ1) is 13.7. The van der Waals surface area contributed by atoms with Crippen LogP contribution in [0.5, 0.6) is 0 Å². The van der Waals surface area contributed by atoms with Crippen LogP contribution < -0.4 is 5.32 Å². The molecule has 1 N–H and O–H groups in total. The molecule has 0 heterocycles. The number of benzene rings is 1. The van der Waals surface area contributed by atoms with Gasteiger partial charge >= 0.3 is 5.69 Å². The molecule has 1 atom stereocenters. The first-order chi connectivity index (χ1) is 8.06. The molecule has 0 fully saturated rings. The van der Waals surface area contributed by atoms with Crippen LogP contribution in [-0.4, -0.2) is 24.2 Å². The molecule has 1 rings (SSSR count). The number of anilines is 1. The molecule has 0 aliphatic carbocycles. The summed E-state index contributed by atoms with van der Waals surface area (Å²) in [6.45, 7) is 4.90. The van der Waals surface area contributed by atoms with Crippen molar-refractivity contribution in [3.05, 3.63) is 33.3 Å². The predicted molar refractivity (Wildman–Crippen MR) is 67.7 cm³/mol. The number of hydrogen-bond donors (Lipinski definition) is 1. The van der Waals surface area contributed by atoms with Crippen molar-refractivity contribution in [1.29, 1.82) is 0 Å². The van der Waals surface area contributed by atoms with Gasteiger partial charge in [-0.3, -0.25) is 10.1 Å². The molecule has 0 spiro atoms. The Hall–Kier alpha value is -1.33. The van der Waals surface area contributed by atoms with Crippen molar-refractivity contribution in [2.45, 2.75) is 20.0 Å². The van der Waals surface area contributed by atoms with Gasteiger partial charge in [0.1, 0.15) is 10.7 Å². The molecule has 5 nitrogen and oxygen atoms in total. The number of halogens is 1. The summed E-state index contributed by atoms with van der Waals surface area (Å²) < 4.78 is 5.33. The number of nitrogens with zero attached hydrogens (tertiary/aromatic N) is 1. The van der Waals surface area contributed by atoms with E-state index in [4.69, 9.17) is 16.3 Å². The van der Waals surface area contributed by atoms with E-state index >= 15 is 0 Å². The zero-order valence-corrected chi connectivity index (χ0v) is 10.5. The maximum Gasteiger partial charge on any atom is 0.310 e. The van der Waals surface area contributed by atoms with Crippen molar-refractivity contribution in [2.75, 3.05) is 18.5 Å². The van der Waals surface area contributed by atoms with Gasteiger partial charge in [0.05, 0.1) is 11.0 Å². The molecule has 1 aromatic carbocycles. The summed E-state index contributed by atoms with van der Waals surface area (Å²) in [5.74, 6) is 0. The van der Waals surface area contributed by atoms with E-state index < -0.39 is 4.92 Å². The van der Waals surface area contributed by atoms with Crippen LogP contribution in [0.15, 0.2) is 18.2 Å². The summed E-state index contributed by atoms with van der Waals surface area (Å²) >= 11 is 5.79. The Bertz CT molecular complexity index is 398. The molecule has 0 saturated heterocycles. The van der Waals surface area contributed by atoms with Crippen molar-refractivity contribution in [3.63, 3.8) is 0 Å². The number of nitro groups is 1. The smallest absolute Gasteiger partial charge is 0.310 e. The molecule has 0 aliphatic rings. The van der Waals surface area contributed by atoms with Crippen molar-refractivity contribution < 1.29 is 9.66 Å². The highest BCUT2D eigenvalue weighted by atomic mass is 35.5. The van der Waals surface area contributed by atoms with E-state index in [0.29, 0.717) is 18.8 Å². The average Bonchev–Trinajstić information content (AvgIpc) is 2.26. The molecule has 0 bridgehead atoms. The SMILES string of the molecule is CCOC(C)CNc1cccc(Cl)c1[N+](=O)[O-]. The molecule has 17 heavy (non-hydrogen) atoms. The number of hydrogen-bond acceptors (Lipinski definition) is 4. The lowest BCUT2D eigenvalue weighted by Gasteiger charge is -2.13. The monoisotopic (exact) mass is 258 g/mol. The molecule has 1 aromatic rings. The summed E-state index contributed by atoms with van der Waals surface area (Å²) in [7, 11) is 0. The second-order valence-corrected chi connectivity index (χ2v) is 3.95. The van der Waals surface area contributed by atoms with E-state index in [1.165, 1.54) is 6.07 Å². The Morgan fingerprint density at radius 1 is 1.59 bits per heavy atom. The van der Waals surface area contributed by atoms with E-state index in [-0.39, 0.29) is 16.8 Å². The first-order valence-electron chi connectivity index (χ1n) is 5.34. The van der Waals surface area contributed by atoms with Crippen LogP contribution in [0.2, 0.25) is 5.02 Å². The molecule has 0 aromatic heterocycles. The number of nitro benzene ring substituents is 1. The number of ether oxygens (including phenoxy) is 1. The highest BCUT2D eigenvalue weighted by Crippen LogP contribution is 2.32. The van der Waals surface area contributed by atoms with Crippen molar-refractivity contribution in [3.8, 4) is 0 Å². The fourth-order valence-corrected chi connectivity index (χ4v) is 1.68. The third kappa shape index (κ3) is 3.87. The number of rotatable bonds is 6. The van der Waals surface area contributed by atoms with Crippen LogP contribution in [0.4, 0.5) is 11.4 Å². The fourth-order valence-electron chi connectivity index (χ4n) is 1.44. The maximum absolute atomic E-state index is 10.9. The minimum absolute atomic E-state index is 0.0152. The van der Waals surface area contributed by atoms with Gasteiger partial charge in [0, 0.05) is 13.2 Å². The molecule has 1 unspecified atom stereocenters. The third-order valence-electron chi connectivity index (χ3n) is 2.20. The van der Waals surface area contributed by atoms with Crippen molar-refractivity contribution >= 4 is 23.0 Å². The summed E-state index contributed by atoms with van der Waals surface area (Å²) in [6, 6.07) is 4.79. The fraction of sp³-hybridized carbons (Fsp3) is 0.455. The Morgan fingerprint density at radius 3 is 2.88 bits per heavy atom. The van der Waals surface area contributed by atoms with Crippen LogP contribution >= 0.6 is 11.6 Å². The normalized spacial score (nSPS) is 12.2. The Kier molecular flexibility index (Phi) is 5.18. The average molecular weight is 259 g/mol. The van der Waals surface area contributed by atoms with Gasteiger partial charge in [0.25, 0.3) is 0 Å². The van der Waals surface area contributed by atoms with Crippen molar-refractivity contribution in [2.24, 2.45) is 0 Å². The van der Waals surface area contributed by atoms with E-state index in [1.54, 1.807) is 12.1 Å². The predicted octanol–water partition coefficient (Wildman–Crippen LogP) is 3.09. The molecule has 0 radical (unpaired) electrons. The maximum atomic E-state index is 10.9. The molecule has 0 aliphatic heterocycles. The zero-order chi connectivity index (χ0) is 12.8. The first-order valence-corrected chi connectivity index (χ1v) is 5.72. The largest absolute Gasteiger partial charge is 0.377 e. The van der Waals surface area contributed by atoms with Gasteiger partial charge in [0.2, 0.25) is 0 Å². The highest BCUT2D eigenvalue weighted by Gasteiger charge is 2.18. The summed E-state index contributed by atoms with van der Waals surface area (Å²) in [6.07, 6.45) is -0.0152. The van der Waals surface area contributed by atoms with E-state index in [1.807, 2.05) is 13.8 Å². The zero-order valence-electron chi connectivity index (χ0n) is 9.77. The van der Waals surface area contributed by atoms with Gasteiger partial charge in [-0.25, -0.2) is 0 Å². The molecular formula is C11H15ClN2O3. The summed E-state index contributed by atoms with van der Waals surface area (Å²) in [4.78, 5) is 10.4. The Balaban J connectivity index is 2.77. The van der Waals surface area contributed by atoms with Gasteiger partial charge in [-0.1, -0.05) is 17.7 Å². The topological polar surface area (TPSA) is 64.4 Å². The highest BCUT2D eigenvalue weighted by molar-refractivity contribution is 6.33. The molecule has 94 valence electrons. The van der Waals surface area contributed by atoms with Crippen LogP contribution in [0.1, 0.15) is 13.8 Å². The second kappa shape index (κ2) is 6.42. The lowest BCUT2D eigenvalue weighted by molar-refractivity contribution is -0.383. The van der Waals surface area contributed by atoms with Crippen LogP contribution in [0, 0.1) is 10.1 Å².